The van der Waals surface area contributed by atoms with E-state index in [1.165, 1.54) is 6.92 Å². The van der Waals surface area contributed by atoms with E-state index in [0.717, 1.165) is 16.5 Å². The van der Waals surface area contributed by atoms with E-state index >= 15 is 0 Å². The monoisotopic (exact) mass is 311 g/mol. The Balaban J connectivity index is 2.17. The number of amides is 2. The van der Waals surface area contributed by atoms with E-state index in [9.17, 15) is 14.4 Å². The van der Waals surface area contributed by atoms with Crippen molar-refractivity contribution in [2.45, 2.75) is 19.9 Å². The van der Waals surface area contributed by atoms with E-state index in [0.29, 0.717) is 11.3 Å². The maximum Gasteiger partial charge on any atom is 0.319 e. The summed E-state index contributed by atoms with van der Waals surface area (Å²) < 4.78 is 0. The number of aromatic nitrogens is 1. The predicted octanol–water partition coefficient (Wildman–Crippen LogP) is 1.91. The standard InChI is InChI=1S/C17H17N3O3/c1-8-4-5-11-7-12(16(22)19-13(11)6-8)15-14(10(3)21)9(2)18-17(23)20-15/h4-7,14-15H,2H2,1,3H3,(H,19,22)(H2,18,20,23)/t14-,15-/m1/s1. The van der Waals surface area contributed by atoms with E-state index in [1.54, 1.807) is 6.07 Å². The third-order valence-corrected chi connectivity index (χ3v) is 4.07. The van der Waals surface area contributed by atoms with Crippen LogP contribution in [0.5, 0.6) is 0 Å². The van der Waals surface area contributed by atoms with Gasteiger partial charge in [-0.15, -0.1) is 0 Å². The van der Waals surface area contributed by atoms with Gasteiger partial charge in [-0.2, -0.15) is 0 Å². The van der Waals surface area contributed by atoms with Crippen molar-refractivity contribution < 1.29 is 9.59 Å². The lowest BCUT2D eigenvalue weighted by atomic mass is 9.86. The number of urea groups is 1. The molecule has 23 heavy (non-hydrogen) atoms. The first-order chi connectivity index (χ1) is 10.9. The van der Waals surface area contributed by atoms with Crippen molar-refractivity contribution in [2.24, 2.45) is 5.92 Å². The Kier molecular flexibility index (Phi) is 3.52. The van der Waals surface area contributed by atoms with Crippen molar-refractivity contribution in [3.63, 3.8) is 0 Å². The molecule has 2 amide bonds. The number of ketones is 1. The molecule has 2 heterocycles. The summed E-state index contributed by atoms with van der Waals surface area (Å²) in [5.41, 5.74) is 2.07. The lowest BCUT2D eigenvalue weighted by Crippen LogP contribution is -2.51. The summed E-state index contributed by atoms with van der Waals surface area (Å²) in [4.78, 5) is 39.0. The van der Waals surface area contributed by atoms with Gasteiger partial charge < -0.3 is 15.6 Å². The molecule has 1 fully saturated rings. The normalized spacial score (nSPS) is 21.0. The fourth-order valence-corrected chi connectivity index (χ4v) is 2.99. The van der Waals surface area contributed by atoms with Crippen LogP contribution >= 0.6 is 0 Å². The molecule has 6 heteroatoms. The molecule has 118 valence electrons. The Morgan fingerprint density at radius 1 is 1.22 bits per heavy atom. The van der Waals surface area contributed by atoms with Crippen LogP contribution in [0, 0.1) is 12.8 Å². The van der Waals surface area contributed by atoms with Crippen molar-refractivity contribution in [1.29, 1.82) is 0 Å². The Labute approximate surface area is 132 Å². The fourth-order valence-electron chi connectivity index (χ4n) is 2.99. The fraction of sp³-hybridized carbons (Fsp3) is 0.235. The first-order valence-corrected chi connectivity index (χ1v) is 7.27. The minimum atomic E-state index is -0.733. The third kappa shape index (κ3) is 2.63. The van der Waals surface area contributed by atoms with Gasteiger partial charge in [-0.3, -0.25) is 9.59 Å². The number of fused-ring (bicyclic) bond motifs is 1. The first-order valence-electron chi connectivity index (χ1n) is 7.27. The smallest absolute Gasteiger partial charge is 0.319 e. The molecule has 3 N–H and O–H groups in total. The summed E-state index contributed by atoms with van der Waals surface area (Å²) in [6, 6.07) is 6.22. The number of Topliss-reactive ketones (excluding diaryl/α,β-unsaturated/α-hetero) is 1. The van der Waals surface area contributed by atoms with Crippen LogP contribution in [0.1, 0.15) is 24.1 Å². The molecule has 0 spiro atoms. The molecule has 1 saturated heterocycles. The molecule has 6 nitrogen and oxygen atoms in total. The van der Waals surface area contributed by atoms with Gasteiger partial charge in [0.05, 0.1) is 12.0 Å². The van der Waals surface area contributed by atoms with Crippen molar-refractivity contribution in [3.8, 4) is 0 Å². The van der Waals surface area contributed by atoms with E-state index in [2.05, 4.69) is 22.2 Å². The molecule has 0 saturated carbocycles. The Bertz CT molecular complexity index is 898. The predicted molar refractivity (Wildman–Crippen MR) is 87.0 cm³/mol. The molecule has 0 bridgehead atoms. The highest BCUT2D eigenvalue weighted by molar-refractivity contribution is 5.88. The molecule has 1 aromatic carbocycles. The number of hydrogen-bond donors (Lipinski definition) is 3. The largest absolute Gasteiger partial charge is 0.330 e. The summed E-state index contributed by atoms with van der Waals surface area (Å²) in [5.74, 6) is -0.854. The highest BCUT2D eigenvalue weighted by atomic mass is 16.2. The molecule has 3 rings (SSSR count). The van der Waals surface area contributed by atoms with Crippen LogP contribution in [0.15, 0.2) is 41.3 Å². The van der Waals surface area contributed by atoms with Gasteiger partial charge in [0.2, 0.25) is 0 Å². The number of H-pyrrole nitrogens is 1. The van der Waals surface area contributed by atoms with Crippen molar-refractivity contribution in [3.05, 3.63) is 58.0 Å². The average molecular weight is 311 g/mol. The van der Waals surface area contributed by atoms with Gasteiger partial charge in [0.1, 0.15) is 5.78 Å². The zero-order valence-electron chi connectivity index (χ0n) is 12.9. The summed E-state index contributed by atoms with van der Waals surface area (Å²) >= 11 is 0. The maximum absolute atomic E-state index is 12.5. The number of nitrogens with one attached hydrogen (secondary N) is 3. The van der Waals surface area contributed by atoms with Gasteiger partial charge in [-0.1, -0.05) is 18.7 Å². The molecular weight excluding hydrogens is 294 g/mol. The second-order valence-electron chi connectivity index (χ2n) is 5.83. The summed E-state index contributed by atoms with van der Waals surface area (Å²) in [5, 5.41) is 6.00. The van der Waals surface area contributed by atoms with Crippen molar-refractivity contribution in [1.82, 2.24) is 15.6 Å². The van der Waals surface area contributed by atoms with Gasteiger partial charge in [0, 0.05) is 16.8 Å². The molecule has 0 radical (unpaired) electrons. The molecule has 0 unspecified atom stereocenters. The highest BCUT2D eigenvalue weighted by Crippen LogP contribution is 2.29. The molecule has 2 aromatic rings. The molecule has 0 aliphatic carbocycles. The Hall–Kier alpha value is -2.89. The minimum absolute atomic E-state index is 0.170. The number of pyridine rings is 1. The van der Waals surface area contributed by atoms with Crippen molar-refractivity contribution in [2.75, 3.05) is 0 Å². The third-order valence-electron chi connectivity index (χ3n) is 4.07. The van der Waals surface area contributed by atoms with Gasteiger partial charge >= 0.3 is 6.03 Å². The van der Waals surface area contributed by atoms with Gasteiger partial charge in [0.15, 0.2) is 0 Å². The lowest BCUT2D eigenvalue weighted by molar-refractivity contribution is -0.120. The van der Waals surface area contributed by atoms with Crippen LogP contribution in [0.3, 0.4) is 0 Å². The molecular formula is C17H17N3O3. The van der Waals surface area contributed by atoms with Gasteiger partial charge in [-0.05, 0) is 36.9 Å². The number of rotatable bonds is 2. The number of aryl methyl sites for hydroxylation is 1. The minimum Gasteiger partial charge on any atom is -0.330 e. The van der Waals surface area contributed by atoms with E-state index in [-0.39, 0.29) is 11.3 Å². The van der Waals surface area contributed by atoms with Crippen LogP contribution in [0.25, 0.3) is 10.9 Å². The van der Waals surface area contributed by atoms with E-state index < -0.39 is 18.0 Å². The first kappa shape index (κ1) is 15.0. The topological polar surface area (TPSA) is 91.1 Å². The SMILES string of the molecule is C=C1NC(=O)N[C@H](c2cc3ccc(C)cc3[nH]c2=O)[C@H]1C(C)=O. The van der Waals surface area contributed by atoms with Crippen LogP contribution in [0.2, 0.25) is 0 Å². The summed E-state index contributed by atoms with van der Waals surface area (Å²) in [6.07, 6.45) is 0. The molecule has 2 atom stereocenters. The average Bonchev–Trinajstić information content (AvgIpc) is 2.44. The number of carbonyl (C=O) groups excluding carboxylic acids is 2. The second-order valence-corrected chi connectivity index (χ2v) is 5.83. The number of hydrogen-bond acceptors (Lipinski definition) is 3. The summed E-state index contributed by atoms with van der Waals surface area (Å²) in [6.45, 7) is 7.10. The zero-order chi connectivity index (χ0) is 16.7. The quantitative estimate of drug-likeness (QED) is 0.791. The second kappa shape index (κ2) is 5.39. The zero-order valence-corrected chi connectivity index (χ0v) is 12.9. The maximum atomic E-state index is 12.5. The Morgan fingerprint density at radius 3 is 2.65 bits per heavy atom. The number of benzene rings is 1. The van der Waals surface area contributed by atoms with Gasteiger partial charge in [-0.25, -0.2) is 4.79 Å². The van der Waals surface area contributed by atoms with E-state index in [1.807, 2.05) is 25.1 Å². The lowest BCUT2D eigenvalue weighted by Gasteiger charge is -2.32. The summed E-state index contributed by atoms with van der Waals surface area (Å²) in [7, 11) is 0. The van der Waals surface area contributed by atoms with Crippen LogP contribution < -0.4 is 16.2 Å². The molecule has 1 aliphatic heterocycles. The molecule has 1 aliphatic rings. The number of aromatic amines is 1. The van der Waals surface area contributed by atoms with Gasteiger partial charge in [0.25, 0.3) is 5.56 Å². The van der Waals surface area contributed by atoms with E-state index in [4.69, 9.17) is 0 Å². The van der Waals surface area contributed by atoms with Crippen LogP contribution in [0.4, 0.5) is 4.79 Å². The number of carbonyl (C=O) groups is 2. The molecule has 1 aromatic heterocycles. The highest BCUT2D eigenvalue weighted by Gasteiger charge is 2.37. The Morgan fingerprint density at radius 2 is 1.96 bits per heavy atom. The van der Waals surface area contributed by atoms with Crippen LogP contribution in [-0.2, 0) is 4.79 Å². The van der Waals surface area contributed by atoms with Crippen LogP contribution in [-0.4, -0.2) is 16.8 Å². The van der Waals surface area contributed by atoms with Crippen molar-refractivity contribution >= 4 is 22.7 Å².